The van der Waals surface area contributed by atoms with Crippen molar-refractivity contribution in [2.24, 2.45) is 12.0 Å². The molecule has 1 heterocycles. The molecule has 0 aliphatic heterocycles. The smallest absolute Gasteiger partial charge is 0.191 e. The fourth-order valence-corrected chi connectivity index (χ4v) is 2.73. The second kappa shape index (κ2) is 9.46. The molecule has 1 aliphatic carbocycles. The van der Waals surface area contributed by atoms with Crippen LogP contribution in [0.4, 0.5) is 0 Å². The van der Waals surface area contributed by atoms with E-state index in [-0.39, 0.29) is 0 Å². The number of ether oxygens (including phenoxy) is 1. The topological polar surface area (TPSA) is 63.5 Å². The number of nitrogens with zero attached hydrogens (tertiary/aromatic N) is 3. The highest BCUT2D eigenvalue weighted by Crippen LogP contribution is 2.20. The van der Waals surface area contributed by atoms with Gasteiger partial charge in [0.25, 0.3) is 0 Å². The number of nitrogens with one attached hydrogen (secondary N) is 2. The van der Waals surface area contributed by atoms with Gasteiger partial charge < -0.3 is 15.4 Å². The van der Waals surface area contributed by atoms with Gasteiger partial charge in [0, 0.05) is 45.6 Å². The number of hydrogen-bond donors (Lipinski definition) is 2. The lowest BCUT2D eigenvalue weighted by molar-refractivity contribution is 0.0277. The van der Waals surface area contributed by atoms with E-state index in [0.717, 1.165) is 37.6 Å². The third-order valence-corrected chi connectivity index (χ3v) is 3.96. The van der Waals surface area contributed by atoms with Gasteiger partial charge in [-0.25, -0.2) is 0 Å². The molecule has 124 valence electrons. The summed E-state index contributed by atoms with van der Waals surface area (Å²) < 4.78 is 7.72. The molecule has 1 aromatic heterocycles. The summed E-state index contributed by atoms with van der Waals surface area (Å²) >= 11 is 0. The fourth-order valence-electron chi connectivity index (χ4n) is 2.73. The first-order chi connectivity index (χ1) is 10.8. The largest absolute Gasteiger partial charge is 0.378 e. The average Bonchev–Trinajstić information content (AvgIpc) is 2.96. The highest BCUT2D eigenvalue weighted by Gasteiger charge is 2.12. The molecule has 0 aromatic carbocycles. The normalized spacial score (nSPS) is 16.7. The van der Waals surface area contributed by atoms with Crippen molar-refractivity contribution in [3.05, 3.63) is 18.0 Å². The van der Waals surface area contributed by atoms with Gasteiger partial charge in [-0.05, 0) is 19.3 Å². The van der Waals surface area contributed by atoms with Gasteiger partial charge in [0.2, 0.25) is 0 Å². The lowest BCUT2D eigenvalue weighted by atomic mass is 9.98. The molecular weight excluding hydrogens is 278 g/mol. The molecule has 0 bridgehead atoms. The first-order valence-electron chi connectivity index (χ1n) is 8.31. The Kier molecular flexibility index (Phi) is 7.22. The van der Waals surface area contributed by atoms with Crippen LogP contribution in [0.5, 0.6) is 0 Å². The SMILES string of the molecule is CN=C(NCCCOC1CCCCC1)NCc1cnn(C)c1. The number of guanidine groups is 1. The first kappa shape index (κ1) is 16.8. The molecule has 1 saturated carbocycles. The Bertz CT molecular complexity index is 451. The van der Waals surface area contributed by atoms with E-state index in [0.29, 0.717) is 6.10 Å². The second-order valence-electron chi connectivity index (χ2n) is 5.86. The Morgan fingerprint density at radius 2 is 2.18 bits per heavy atom. The van der Waals surface area contributed by atoms with E-state index in [1.165, 1.54) is 32.1 Å². The standard InChI is InChI=1S/C16H29N5O/c1-17-16(19-11-14-12-20-21(2)13-14)18-9-6-10-22-15-7-4-3-5-8-15/h12-13,15H,3-11H2,1-2H3,(H2,17,18,19). The summed E-state index contributed by atoms with van der Waals surface area (Å²) in [6.07, 6.45) is 11.9. The quantitative estimate of drug-likeness (QED) is 0.458. The van der Waals surface area contributed by atoms with Crippen LogP contribution >= 0.6 is 0 Å². The molecule has 22 heavy (non-hydrogen) atoms. The van der Waals surface area contributed by atoms with Crippen molar-refractivity contribution in [2.75, 3.05) is 20.2 Å². The van der Waals surface area contributed by atoms with E-state index in [4.69, 9.17) is 4.74 Å². The van der Waals surface area contributed by atoms with Crippen LogP contribution in [-0.2, 0) is 18.3 Å². The zero-order valence-electron chi connectivity index (χ0n) is 13.8. The number of hydrogen-bond acceptors (Lipinski definition) is 3. The van der Waals surface area contributed by atoms with Gasteiger partial charge in [-0.3, -0.25) is 9.67 Å². The minimum Gasteiger partial charge on any atom is -0.378 e. The van der Waals surface area contributed by atoms with Gasteiger partial charge in [0.1, 0.15) is 0 Å². The van der Waals surface area contributed by atoms with Gasteiger partial charge in [-0.2, -0.15) is 5.10 Å². The molecule has 0 unspecified atom stereocenters. The van der Waals surface area contributed by atoms with Crippen LogP contribution in [0.25, 0.3) is 0 Å². The third-order valence-electron chi connectivity index (χ3n) is 3.96. The maximum atomic E-state index is 5.92. The number of rotatable bonds is 7. The summed E-state index contributed by atoms with van der Waals surface area (Å²) in [6.45, 7) is 2.43. The van der Waals surface area contributed by atoms with E-state index in [1.807, 2.05) is 19.4 Å². The van der Waals surface area contributed by atoms with Crippen molar-refractivity contribution in [2.45, 2.75) is 51.2 Å². The fraction of sp³-hybridized carbons (Fsp3) is 0.750. The van der Waals surface area contributed by atoms with Crippen LogP contribution in [-0.4, -0.2) is 42.0 Å². The van der Waals surface area contributed by atoms with E-state index in [1.54, 1.807) is 11.7 Å². The summed E-state index contributed by atoms with van der Waals surface area (Å²) in [4.78, 5) is 4.22. The summed E-state index contributed by atoms with van der Waals surface area (Å²) in [5, 5.41) is 10.8. The molecule has 2 N–H and O–H groups in total. The zero-order chi connectivity index (χ0) is 15.6. The molecule has 2 rings (SSSR count). The van der Waals surface area contributed by atoms with Crippen molar-refractivity contribution in [3.63, 3.8) is 0 Å². The molecule has 1 aromatic rings. The van der Waals surface area contributed by atoms with E-state index >= 15 is 0 Å². The molecule has 1 fully saturated rings. The second-order valence-corrected chi connectivity index (χ2v) is 5.86. The Balaban J connectivity index is 1.54. The van der Waals surface area contributed by atoms with Gasteiger partial charge >= 0.3 is 0 Å². The maximum absolute atomic E-state index is 5.92. The molecule has 1 aliphatic rings. The predicted octanol–water partition coefficient (Wildman–Crippen LogP) is 1.82. The summed E-state index contributed by atoms with van der Waals surface area (Å²) in [5.41, 5.74) is 1.14. The monoisotopic (exact) mass is 307 g/mol. The lowest BCUT2D eigenvalue weighted by Crippen LogP contribution is -2.37. The molecule has 0 atom stereocenters. The number of aromatic nitrogens is 2. The van der Waals surface area contributed by atoms with Crippen molar-refractivity contribution in [1.29, 1.82) is 0 Å². The highest BCUT2D eigenvalue weighted by atomic mass is 16.5. The molecule has 0 spiro atoms. The molecule has 0 amide bonds. The minimum absolute atomic E-state index is 0.497. The van der Waals surface area contributed by atoms with Crippen LogP contribution in [0.3, 0.4) is 0 Å². The van der Waals surface area contributed by atoms with E-state index < -0.39 is 0 Å². The predicted molar refractivity (Wildman–Crippen MR) is 88.9 cm³/mol. The van der Waals surface area contributed by atoms with Crippen LogP contribution < -0.4 is 10.6 Å². The molecule has 6 nitrogen and oxygen atoms in total. The van der Waals surface area contributed by atoms with E-state index in [9.17, 15) is 0 Å². The van der Waals surface area contributed by atoms with Crippen LogP contribution in [0, 0.1) is 0 Å². The van der Waals surface area contributed by atoms with Crippen LogP contribution in [0.15, 0.2) is 17.4 Å². The van der Waals surface area contributed by atoms with Crippen molar-refractivity contribution in [3.8, 4) is 0 Å². The first-order valence-corrected chi connectivity index (χ1v) is 8.31. The van der Waals surface area contributed by atoms with Crippen molar-refractivity contribution in [1.82, 2.24) is 20.4 Å². The van der Waals surface area contributed by atoms with Crippen LogP contribution in [0.2, 0.25) is 0 Å². The summed E-state index contributed by atoms with van der Waals surface area (Å²) in [7, 11) is 3.71. The van der Waals surface area contributed by atoms with Gasteiger partial charge in [0.05, 0.1) is 12.3 Å². The Hall–Kier alpha value is -1.56. The molecule has 6 heteroatoms. The summed E-state index contributed by atoms with van der Waals surface area (Å²) in [6, 6.07) is 0. The average molecular weight is 307 g/mol. The Morgan fingerprint density at radius 1 is 1.36 bits per heavy atom. The maximum Gasteiger partial charge on any atom is 0.191 e. The Labute approximate surface area is 133 Å². The summed E-state index contributed by atoms with van der Waals surface area (Å²) in [5.74, 6) is 0.821. The highest BCUT2D eigenvalue weighted by molar-refractivity contribution is 5.79. The van der Waals surface area contributed by atoms with Crippen molar-refractivity contribution >= 4 is 5.96 Å². The number of aryl methyl sites for hydroxylation is 1. The molecular formula is C16H29N5O. The van der Waals surface area contributed by atoms with Crippen molar-refractivity contribution < 1.29 is 4.74 Å². The number of aliphatic imine (C=N–C) groups is 1. The lowest BCUT2D eigenvalue weighted by Gasteiger charge is -2.22. The van der Waals surface area contributed by atoms with E-state index in [2.05, 4.69) is 20.7 Å². The van der Waals surface area contributed by atoms with Gasteiger partial charge in [-0.15, -0.1) is 0 Å². The van der Waals surface area contributed by atoms with Crippen LogP contribution in [0.1, 0.15) is 44.1 Å². The molecule has 0 saturated heterocycles. The Morgan fingerprint density at radius 3 is 2.86 bits per heavy atom. The minimum atomic E-state index is 0.497. The third kappa shape index (κ3) is 6.05. The zero-order valence-corrected chi connectivity index (χ0v) is 13.8. The molecule has 0 radical (unpaired) electrons. The van der Waals surface area contributed by atoms with Gasteiger partial charge in [0.15, 0.2) is 5.96 Å². The van der Waals surface area contributed by atoms with Gasteiger partial charge in [-0.1, -0.05) is 19.3 Å².